The fourth-order valence-electron chi connectivity index (χ4n) is 6.60. The van der Waals surface area contributed by atoms with Crippen molar-refractivity contribution in [2.24, 2.45) is 0 Å². The van der Waals surface area contributed by atoms with Gasteiger partial charge in [-0.25, -0.2) is 14.8 Å². The molecule has 0 unspecified atom stereocenters. The average molecular weight is 634 g/mol. The molecule has 2 atom stereocenters. The zero-order valence-electron chi connectivity index (χ0n) is 27.3. The van der Waals surface area contributed by atoms with Crippen molar-refractivity contribution < 1.29 is 19.1 Å². The number of hydrogen-bond acceptors (Lipinski definition) is 9. The molecule has 2 aromatic heterocycles. The minimum atomic E-state index is -0.588. The van der Waals surface area contributed by atoms with Gasteiger partial charge in [0.25, 0.3) is 5.91 Å². The number of nitrogens with zero attached hydrogens (tertiary/aromatic N) is 6. The fourth-order valence-corrected chi connectivity index (χ4v) is 6.98. The molecule has 0 saturated heterocycles. The highest BCUT2D eigenvalue weighted by Crippen LogP contribution is 2.49. The Kier molecular flexibility index (Phi) is 8.32. The Morgan fingerprint density at radius 3 is 2.71 bits per heavy atom. The topological polar surface area (TPSA) is 115 Å². The van der Waals surface area contributed by atoms with E-state index in [9.17, 15) is 9.59 Å². The van der Waals surface area contributed by atoms with Crippen LogP contribution < -0.4 is 10.2 Å². The third-order valence-corrected chi connectivity index (χ3v) is 9.37. The number of amides is 2. The number of aromatic nitrogens is 4. The highest BCUT2D eigenvalue weighted by Gasteiger charge is 2.44. The number of carbonyl (C=O) groups excluding carboxylic acids is 2. The number of benzene rings is 1. The van der Waals surface area contributed by atoms with Gasteiger partial charge in [-0.15, -0.1) is 0 Å². The molecule has 1 spiro atoms. The van der Waals surface area contributed by atoms with Gasteiger partial charge in [-0.1, -0.05) is 24.8 Å². The van der Waals surface area contributed by atoms with Crippen LogP contribution in [0.5, 0.6) is 0 Å². The number of hydrogen-bond donors (Lipinski definition) is 1. The summed E-state index contributed by atoms with van der Waals surface area (Å²) in [5.41, 5.74) is 5.35. The minimum absolute atomic E-state index is 0.101. The van der Waals surface area contributed by atoms with E-state index in [-0.39, 0.29) is 5.91 Å². The number of fused-ring (bicyclic) bond motifs is 4. The second kappa shape index (κ2) is 11.9. The maximum atomic E-state index is 12.6. The fraction of sp³-hybridized carbons (Fsp3) is 0.545. The first-order chi connectivity index (χ1) is 21.4. The normalized spacial score (nSPS) is 21.0. The number of anilines is 2. The Labute approximate surface area is 269 Å². The highest BCUT2D eigenvalue weighted by atomic mass is 32.2. The minimum Gasteiger partial charge on any atom is -0.444 e. The molecule has 0 saturated carbocycles. The van der Waals surface area contributed by atoms with Crippen molar-refractivity contribution in [3.63, 3.8) is 0 Å². The van der Waals surface area contributed by atoms with Crippen LogP contribution in [0, 0.1) is 0 Å². The molecule has 3 aromatic rings. The summed E-state index contributed by atoms with van der Waals surface area (Å²) in [7, 11) is 3.49. The van der Waals surface area contributed by atoms with Crippen molar-refractivity contribution in [1.82, 2.24) is 24.6 Å². The number of nitrogens with one attached hydrogen (secondary N) is 1. The Morgan fingerprint density at radius 1 is 1.18 bits per heavy atom. The van der Waals surface area contributed by atoms with Crippen LogP contribution in [0.1, 0.15) is 91.4 Å². The predicted molar refractivity (Wildman–Crippen MR) is 174 cm³/mol. The van der Waals surface area contributed by atoms with Crippen molar-refractivity contribution in [2.75, 3.05) is 37.1 Å². The molecule has 11 nitrogen and oxygen atoms in total. The lowest BCUT2D eigenvalue weighted by atomic mass is 9.71. The van der Waals surface area contributed by atoms with Gasteiger partial charge in [-0.2, -0.15) is 5.10 Å². The van der Waals surface area contributed by atoms with Gasteiger partial charge in [0.05, 0.1) is 30.1 Å². The molecular formula is C33H43N7O4S. The quantitative estimate of drug-likeness (QED) is 0.285. The summed E-state index contributed by atoms with van der Waals surface area (Å²) in [6.07, 6.45) is 4.88. The molecule has 240 valence electrons. The van der Waals surface area contributed by atoms with Crippen molar-refractivity contribution in [1.29, 1.82) is 0 Å². The second-order valence-corrected chi connectivity index (χ2v) is 14.3. The number of thioether (sulfide) groups is 1. The summed E-state index contributed by atoms with van der Waals surface area (Å²) < 4.78 is 14.4. The van der Waals surface area contributed by atoms with Crippen LogP contribution in [0.25, 0.3) is 0 Å². The Hall–Kier alpha value is -3.64. The first-order valence-electron chi connectivity index (χ1n) is 15.6. The van der Waals surface area contributed by atoms with E-state index >= 15 is 0 Å². The first-order valence-corrected chi connectivity index (χ1v) is 16.8. The van der Waals surface area contributed by atoms with E-state index in [0.717, 1.165) is 65.8 Å². The van der Waals surface area contributed by atoms with Gasteiger partial charge in [0.1, 0.15) is 11.4 Å². The molecule has 0 fully saturated rings. The molecule has 2 aliphatic heterocycles. The Balaban J connectivity index is 1.33. The highest BCUT2D eigenvalue weighted by molar-refractivity contribution is 7.98. The van der Waals surface area contributed by atoms with Gasteiger partial charge < -0.3 is 19.3 Å². The molecule has 2 amide bonds. The van der Waals surface area contributed by atoms with Crippen LogP contribution in [0.15, 0.2) is 29.4 Å². The SMILES string of the molecule is CSc1nc2c(c(N3CCCn4nc(C(=O)N(C)C)cc4C3)n1)CO[C@]1(CC[C@H](C)c3ccc(NC(=O)OC(C)(C)C)cc31)C2. The van der Waals surface area contributed by atoms with Crippen molar-refractivity contribution >= 4 is 35.3 Å². The van der Waals surface area contributed by atoms with Gasteiger partial charge in [0.15, 0.2) is 10.9 Å². The van der Waals surface area contributed by atoms with Crippen LogP contribution in [-0.4, -0.2) is 69.1 Å². The van der Waals surface area contributed by atoms with Crippen LogP contribution in [-0.2, 0) is 41.2 Å². The zero-order chi connectivity index (χ0) is 32.1. The molecule has 12 heteroatoms. The summed E-state index contributed by atoms with van der Waals surface area (Å²) in [6.45, 7) is 10.3. The number of carbonyl (C=O) groups is 2. The van der Waals surface area contributed by atoms with Crippen LogP contribution >= 0.6 is 11.8 Å². The van der Waals surface area contributed by atoms with Crippen LogP contribution in [0.2, 0.25) is 0 Å². The van der Waals surface area contributed by atoms with E-state index in [0.29, 0.717) is 36.9 Å². The average Bonchev–Trinajstić information content (AvgIpc) is 3.28. The van der Waals surface area contributed by atoms with Crippen molar-refractivity contribution in [2.45, 2.75) is 95.4 Å². The van der Waals surface area contributed by atoms with E-state index in [1.807, 2.05) is 43.8 Å². The maximum absolute atomic E-state index is 12.6. The van der Waals surface area contributed by atoms with Crippen LogP contribution in [0.4, 0.5) is 16.3 Å². The molecule has 0 bridgehead atoms. The molecular weight excluding hydrogens is 590 g/mol. The van der Waals surface area contributed by atoms with Gasteiger partial charge in [-0.3, -0.25) is 14.8 Å². The largest absolute Gasteiger partial charge is 0.444 e. The van der Waals surface area contributed by atoms with Gasteiger partial charge in [0, 0.05) is 44.9 Å². The third-order valence-electron chi connectivity index (χ3n) is 8.82. The molecule has 6 rings (SSSR count). The number of rotatable bonds is 4. The Morgan fingerprint density at radius 2 is 1.98 bits per heavy atom. The zero-order valence-corrected chi connectivity index (χ0v) is 28.1. The molecule has 1 aliphatic carbocycles. The van der Waals surface area contributed by atoms with Gasteiger partial charge in [0.2, 0.25) is 0 Å². The molecule has 1 aromatic carbocycles. The number of ether oxygens (including phenoxy) is 2. The molecule has 45 heavy (non-hydrogen) atoms. The number of aryl methyl sites for hydroxylation is 1. The summed E-state index contributed by atoms with van der Waals surface area (Å²) in [5, 5.41) is 8.26. The standard InChI is InChI=1S/C33H43N7O4S/c1-20-11-12-33(25-15-21(9-10-23(20)25)34-31(42)44-32(2,3)4)17-27-24(19-43-33)28(36-30(35-27)45-7)39-13-8-14-40-22(18-39)16-26(37-40)29(41)38(5)6/h9-10,15-16,20H,8,11-14,17-19H2,1-7H3,(H,34,42)/t20-,33+/m0/s1. The van der Waals surface area contributed by atoms with Crippen molar-refractivity contribution in [3.05, 3.63) is 58.0 Å². The predicted octanol–water partition coefficient (Wildman–Crippen LogP) is 5.72. The van der Waals surface area contributed by atoms with E-state index in [2.05, 4.69) is 34.4 Å². The monoisotopic (exact) mass is 633 g/mol. The lowest BCUT2D eigenvalue weighted by Crippen LogP contribution is -2.41. The van der Waals surface area contributed by atoms with Crippen molar-refractivity contribution in [3.8, 4) is 0 Å². The lowest BCUT2D eigenvalue weighted by Gasteiger charge is -2.44. The van der Waals surface area contributed by atoms with Crippen LogP contribution in [0.3, 0.4) is 0 Å². The smallest absolute Gasteiger partial charge is 0.412 e. The summed E-state index contributed by atoms with van der Waals surface area (Å²) >= 11 is 1.54. The summed E-state index contributed by atoms with van der Waals surface area (Å²) in [6, 6.07) is 8.02. The van der Waals surface area contributed by atoms with E-state index in [1.54, 1.807) is 19.0 Å². The van der Waals surface area contributed by atoms with Gasteiger partial charge >= 0.3 is 6.09 Å². The van der Waals surface area contributed by atoms with E-state index in [4.69, 9.17) is 19.4 Å². The molecule has 0 radical (unpaired) electrons. The molecule has 1 N–H and O–H groups in total. The maximum Gasteiger partial charge on any atom is 0.412 e. The first kappa shape index (κ1) is 31.3. The summed E-state index contributed by atoms with van der Waals surface area (Å²) in [4.78, 5) is 39.1. The van der Waals surface area contributed by atoms with E-state index < -0.39 is 17.3 Å². The summed E-state index contributed by atoms with van der Waals surface area (Å²) in [5.74, 6) is 1.16. The third kappa shape index (κ3) is 6.27. The van der Waals surface area contributed by atoms with Gasteiger partial charge in [-0.05, 0) is 81.5 Å². The van der Waals surface area contributed by atoms with E-state index in [1.165, 1.54) is 17.3 Å². The molecule has 4 heterocycles. The lowest BCUT2D eigenvalue weighted by molar-refractivity contribution is -0.0872. The second-order valence-electron chi connectivity index (χ2n) is 13.5. The molecule has 3 aliphatic rings. The Bertz CT molecular complexity index is 1630.